The van der Waals surface area contributed by atoms with E-state index in [1.54, 1.807) is 0 Å². The zero-order valence-corrected chi connectivity index (χ0v) is 21.5. The van der Waals surface area contributed by atoms with Gasteiger partial charge in [-0.25, -0.2) is 0 Å². The molecule has 2 N–H and O–H groups in total. The molecule has 0 atom stereocenters. The SMILES string of the molecule is O=C(Nc1cc(C(=O)N2CCCNCC2)ccc1N1CCCN(C(=O)C2CCCCC2)CC1)C1CC1. The molecular formula is C28H41N5O3. The van der Waals surface area contributed by atoms with Crippen LogP contribution in [0, 0.1) is 11.8 Å². The first-order chi connectivity index (χ1) is 17.6. The van der Waals surface area contributed by atoms with E-state index < -0.39 is 0 Å². The number of benzene rings is 1. The molecule has 196 valence electrons. The summed E-state index contributed by atoms with van der Waals surface area (Å²) in [4.78, 5) is 45.4. The molecule has 3 amide bonds. The summed E-state index contributed by atoms with van der Waals surface area (Å²) < 4.78 is 0. The number of carbonyl (C=O) groups excluding carboxylic acids is 3. The molecule has 5 rings (SSSR count). The van der Waals surface area contributed by atoms with Gasteiger partial charge in [-0.3, -0.25) is 14.4 Å². The van der Waals surface area contributed by atoms with Crippen LogP contribution in [-0.4, -0.2) is 79.9 Å². The third kappa shape index (κ3) is 6.02. The Kier molecular flexibility index (Phi) is 8.09. The summed E-state index contributed by atoms with van der Waals surface area (Å²) in [5.74, 6) is 0.669. The summed E-state index contributed by atoms with van der Waals surface area (Å²) in [6, 6.07) is 5.76. The van der Waals surface area contributed by atoms with Crippen molar-refractivity contribution in [3.8, 4) is 0 Å². The lowest BCUT2D eigenvalue weighted by atomic mass is 9.88. The minimum absolute atomic E-state index is 0.0206. The molecule has 0 aromatic heterocycles. The molecule has 4 fully saturated rings. The Morgan fingerprint density at radius 2 is 1.56 bits per heavy atom. The molecule has 0 spiro atoms. The molecule has 2 aliphatic heterocycles. The van der Waals surface area contributed by atoms with Crippen LogP contribution in [0.5, 0.6) is 0 Å². The lowest BCUT2D eigenvalue weighted by Gasteiger charge is -2.29. The van der Waals surface area contributed by atoms with E-state index in [2.05, 4.69) is 20.4 Å². The van der Waals surface area contributed by atoms with Gasteiger partial charge >= 0.3 is 0 Å². The quantitative estimate of drug-likeness (QED) is 0.656. The molecule has 2 saturated carbocycles. The molecule has 8 nitrogen and oxygen atoms in total. The van der Waals surface area contributed by atoms with Crippen molar-refractivity contribution in [2.75, 3.05) is 62.6 Å². The van der Waals surface area contributed by atoms with Crippen molar-refractivity contribution >= 4 is 29.1 Å². The van der Waals surface area contributed by atoms with Crippen molar-refractivity contribution in [3.63, 3.8) is 0 Å². The number of nitrogens with one attached hydrogen (secondary N) is 2. The zero-order valence-electron chi connectivity index (χ0n) is 21.5. The topological polar surface area (TPSA) is 85.0 Å². The van der Waals surface area contributed by atoms with Gasteiger partial charge in [0.25, 0.3) is 5.91 Å². The summed E-state index contributed by atoms with van der Waals surface area (Å²) in [6.45, 7) is 6.22. The van der Waals surface area contributed by atoms with E-state index in [1.165, 1.54) is 19.3 Å². The second kappa shape index (κ2) is 11.6. The first kappa shape index (κ1) is 25.1. The van der Waals surface area contributed by atoms with E-state index in [4.69, 9.17) is 0 Å². The molecule has 0 radical (unpaired) electrons. The van der Waals surface area contributed by atoms with Crippen LogP contribution < -0.4 is 15.5 Å². The molecule has 1 aromatic rings. The van der Waals surface area contributed by atoms with Gasteiger partial charge in [-0.2, -0.15) is 0 Å². The van der Waals surface area contributed by atoms with Crippen LogP contribution in [0.25, 0.3) is 0 Å². The Bertz CT molecular complexity index is 949. The molecule has 0 bridgehead atoms. The molecule has 2 saturated heterocycles. The third-order valence-corrected chi connectivity index (χ3v) is 8.18. The highest BCUT2D eigenvalue weighted by Crippen LogP contribution is 2.34. The van der Waals surface area contributed by atoms with Crippen molar-refractivity contribution < 1.29 is 14.4 Å². The van der Waals surface area contributed by atoms with E-state index in [0.717, 1.165) is 89.2 Å². The van der Waals surface area contributed by atoms with Gasteiger partial charge in [0.1, 0.15) is 0 Å². The Morgan fingerprint density at radius 1 is 0.750 bits per heavy atom. The van der Waals surface area contributed by atoms with Gasteiger partial charge in [0, 0.05) is 63.2 Å². The van der Waals surface area contributed by atoms with Crippen LogP contribution in [0.3, 0.4) is 0 Å². The fraction of sp³-hybridized carbons (Fsp3) is 0.679. The summed E-state index contributed by atoms with van der Waals surface area (Å²) in [7, 11) is 0. The molecule has 36 heavy (non-hydrogen) atoms. The van der Waals surface area contributed by atoms with Crippen LogP contribution in [0.4, 0.5) is 11.4 Å². The maximum absolute atomic E-state index is 13.3. The average molecular weight is 496 g/mol. The number of amides is 3. The lowest BCUT2D eigenvalue weighted by Crippen LogP contribution is -2.39. The highest BCUT2D eigenvalue weighted by atomic mass is 16.2. The van der Waals surface area contributed by atoms with Crippen molar-refractivity contribution in [2.24, 2.45) is 11.8 Å². The number of anilines is 2. The number of hydrogen-bond donors (Lipinski definition) is 2. The van der Waals surface area contributed by atoms with Crippen LogP contribution in [0.2, 0.25) is 0 Å². The summed E-state index contributed by atoms with van der Waals surface area (Å²) >= 11 is 0. The molecule has 8 heteroatoms. The third-order valence-electron chi connectivity index (χ3n) is 8.18. The standard InChI is InChI=1S/C28H41N5O3/c34-26(21-8-9-21)30-24-20-23(28(36)32-14-4-12-29-13-17-32)10-11-25(24)31-15-5-16-33(19-18-31)27(35)22-6-2-1-3-7-22/h10-11,20-22,29H,1-9,12-19H2,(H,30,34). The van der Waals surface area contributed by atoms with E-state index in [-0.39, 0.29) is 23.7 Å². The highest BCUT2D eigenvalue weighted by molar-refractivity contribution is 6.01. The van der Waals surface area contributed by atoms with Gasteiger partial charge in [-0.1, -0.05) is 19.3 Å². The Balaban J connectivity index is 1.32. The largest absolute Gasteiger partial charge is 0.368 e. The molecule has 4 aliphatic rings. The van der Waals surface area contributed by atoms with E-state index in [0.29, 0.717) is 24.6 Å². The second-order valence-corrected chi connectivity index (χ2v) is 10.9. The number of nitrogens with zero attached hydrogens (tertiary/aromatic N) is 3. The molecular weight excluding hydrogens is 454 g/mol. The van der Waals surface area contributed by atoms with Gasteiger partial charge in [0.15, 0.2) is 0 Å². The normalized spacial score (nSPS) is 22.1. The van der Waals surface area contributed by atoms with E-state index in [1.807, 2.05) is 23.1 Å². The fourth-order valence-electron chi connectivity index (χ4n) is 5.84. The van der Waals surface area contributed by atoms with Crippen LogP contribution in [0.1, 0.15) is 68.1 Å². The fourth-order valence-corrected chi connectivity index (χ4v) is 5.84. The van der Waals surface area contributed by atoms with E-state index >= 15 is 0 Å². The smallest absolute Gasteiger partial charge is 0.253 e. The Hall–Kier alpha value is -2.61. The van der Waals surface area contributed by atoms with Crippen molar-refractivity contribution in [1.29, 1.82) is 0 Å². The highest BCUT2D eigenvalue weighted by Gasteiger charge is 2.32. The van der Waals surface area contributed by atoms with Gasteiger partial charge in [0.05, 0.1) is 11.4 Å². The number of rotatable bonds is 5. The van der Waals surface area contributed by atoms with Gasteiger partial charge in [-0.15, -0.1) is 0 Å². The summed E-state index contributed by atoms with van der Waals surface area (Å²) in [5, 5.41) is 6.49. The minimum atomic E-state index is 0.0206. The van der Waals surface area contributed by atoms with Crippen molar-refractivity contribution in [1.82, 2.24) is 15.1 Å². The van der Waals surface area contributed by atoms with Gasteiger partial charge < -0.3 is 25.3 Å². The molecule has 0 unspecified atom stereocenters. The first-order valence-corrected chi connectivity index (χ1v) is 14.1. The zero-order chi connectivity index (χ0) is 24.9. The van der Waals surface area contributed by atoms with E-state index in [9.17, 15) is 14.4 Å². The maximum atomic E-state index is 13.3. The summed E-state index contributed by atoms with van der Waals surface area (Å²) in [5.41, 5.74) is 2.29. The average Bonchev–Trinajstić information content (AvgIpc) is 3.77. The van der Waals surface area contributed by atoms with Gasteiger partial charge in [-0.05, 0) is 63.3 Å². The predicted octanol–water partition coefficient (Wildman–Crippen LogP) is 3.09. The molecule has 2 aliphatic carbocycles. The Morgan fingerprint density at radius 3 is 2.36 bits per heavy atom. The molecule has 2 heterocycles. The minimum Gasteiger partial charge on any atom is -0.368 e. The van der Waals surface area contributed by atoms with Crippen molar-refractivity contribution in [2.45, 2.75) is 57.8 Å². The number of hydrogen-bond acceptors (Lipinski definition) is 5. The van der Waals surface area contributed by atoms with Gasteiger partial charge in [0.2, 0.25) is 11.8 Å². The summed E-state index contributed by atoms with van der Waals surface area (Å²) in [6.07, 6.45) is 9.34. The predicted molar refractivity (Wildman–Crippen MR) is 141 cm³/mol. The van der Waals surface area contributed by atoms with Crippen molar-refractivity contribution in [3.05, 3.63) is 23.8 Å². The second-order valence-electron chi connectivity index (χ2n) is 10.9. The lowest BCUT2D eigenvalue weighted by molar-refractivity contribution is -0.136. The monoisotopic (exact) mass is 495 g/mol. The maximum Gasteiger partial charge on any atom is 0.253 e. The number of carbonyl (C=O) groups is 3. The first-order valence-electron chi connectivity index (χ1n) is 14.1. The van der Waals surface area contributed by atoms with Crippen LogP contribution >= 0.6 is 0 Å². The Labute approximate surface area is 214 Å². The van der Waals surface area contributed by atoms with Crippen LogP contribution in [0.15, 0.2) is 18.2 Å². The molecule has 1 aromatic carbocycles. The van der Waals surface area contributed by atoms with Crippen LogP contribution in [-0.2, 0) is 9.59 Å².